The zero-order valence-electron chi connectivity index (χ0n) is 47.8. The molecule has 0 unspecified atom stereocenters. The molecule has 19 aromatic rings. The van der Waals surface area contributed by atoms with Gasteiger partial charge in [0.05, 0.1) is 27.6 Å². The molecule has 1 fully saturated rings. The second kappa shape index (κ2) is 21.0. The Morgan fingerprint density at radius 3 is 1.39 bits per heavy atom. The lowest BCUT2D eigenvalue weighted by atomic mass is 9.92. The van der Waals surface area contributed by atoms with Gasteiger partial charge in [-0.2, -0.15) is 0 Å². The van der Waals surface area contributed by atoms with Gasteiger partial charge in [0.2, 0.25) is 0 Å². The molecule has 1 aliphatic carbocycles. The maximum Gasteiger partial charge on any atom is 0.135 e. The van der Waals surface area contributed by atoms with E-state index >= 15 is 0 Å². The SMILES string of the molecule is Brc1ccc2oc3ccccc3c2c1.N[C@@H]1CCCC[C@H]1N.c1ccc2c(c1)[nH]c1c2ccc2[nH]c3ccccc3c21.c1ccc2c(c1)oc1ccc(-n3c4ccccc4c4c3ccc3c5ccccc5n(-c5ccc6oc7ccccc7c6c5)c34)cc12. The number of aromatic amines is 2. The molecule has 0 bridgehead atoms. The Labute approximate surface area is 512 Å². The lowest BCUT2D eigenvalue weighted by Crippen LogP contribution is -2.43. The lowest BCUT2D eigenvalue weighted by Gasteiger charge is -2.24. The minimum Gasteiger partial charge on any atom is -0.456 e. The number of nitrogens with zero attached hydrogens (tertiary/aromatic N) is 2. The second-order valence-electron chi connectivity index (χ2n) is 23.2. The van der Waals surface area contributed by atoms with Crippen LogP contribution >= 0.6 is 15.9 Å². The summed E-state index contributed by atoms with van der Waals surface area (Å²) in [6.07, 6.45) is 4.80. The Kier molecular flexibility index (Phi) is 12.4. The van der Waals surface area contributed by atoms with Crippen LogP contribution in [0.15, 0.2) is 266 Å². The van der Waals surface area contributed by atoms with Crippen molar-refractivity contribution in [2.45, 2.75) is 37.8 Å². The molecule has 7 heterocycles. The largest absolute Gasteiger partial charge is 0.456 e. The Hall–Kier alpha value is -10.4. The molecule has 7 aromatic heterocycles. The van der Waals surface area contributed by atoms with Crippen LogP contribution in [0.25, 0.3) is 164 Å². The summed E-state index contributed by atoms with van der Waals surface area (Å²) in [6.45, 7) is 0. The van der Waals surface area contributed by atoms with Gasteiger partial charge in [0.15, 0.2) is 0 Å². The molecule has 1 saturated carbocycles. The highest BCUT2D eigenvalue weighted by Crippen LogP contribution is 2.44. The average Bonchev–Trinajstić information content (AvgIpc) is 1.61. The zero-order valence-corrected chi connectivity index (χ0v) is 49.4. The zero-order chi connectivity index (χ0) is 58.6. The van der Waals surface area contributed by atoms with Crippen molar-refractivity contribution in [2.24, 2.45) is 11.5 Å². The highest BCUT2D eigenvalue weighted by molar-refractivity contribution is 9.10. The second-order valence-corrected chi connectivity index (χ2v) is 24.1. The van der Waals surface area contributed by atoms with E-state index in [0.717, 1.165) is 89.1 Å². The van der Waals surface area contributed by atoms with Crippen LogP contribution in [0.1, 0.15) is 25.7 Å². The first-order valence-corrected chi connectivity index (χ1v) is 30.9. The average molecular weight is 1210 g/mol. The van der Waals surface area contributed by atoms with Crippen LogP contribution in [0.4, 0.5) is 0 Å². The van der Waals surface area contributed by atoms with Crippen molar-refractivity contribution < 1.29 is 13.3 Å². The fourth-order valence-corrected chi connectivity index (χ4v) is 14.3. The number of fused-ring (bicyclic) bond motifs is 23. The molecule has 2 atom stereocenters. The standard InChI is InChI=1S/C42H24N2O2.C18H12N2.C12H7BrO.C6H14N2/c1-5-13-34-27(9-1)30-19-20-36-41(42(30)44(34)26-18-22-40-33(24-26)29-11-4-8-16-38(29)46-40)31-12-2-6-14-35(31)43(36)25-17-21-39-32(23-25)28-10-3-7-15-37(28)45-39;1-3-7-14-11(5-1)12-9-10-16-17(18(12)20-14)13-6-2-4-8-15(13)19-16;13-8-5-6-12-10(7-8)9-3-1-2-4-11(9)14-12;7-5-3-1-2-4-6(5)8/h1-24H;1-10,19-20H;1-7H;5-6H,1-4,7-8H2/t;;;5-,6-/m...1/s1. The summed E-state index contributed by atoms with van der Waals surface area (Å²) in [7, 11) is 0. The van der Waals surface area contributed by atoms with E-state index < -0.39 is 0 Å². The summed E-state index contributed by atoms with van der Waals surface area (Å²) in [5.41, 5.74) is 28.5. The molecule has 1 aliphatic rings. The third-order valence-electron chi connectivity index (χ3n) is 18.1. The van der Waals surface area contributed by atoms with Crippen LogP contribution in [0.3, 0.4) is 0 Å². The Balaban J connectivity index is 0.000000116. The van der Waals surface area contributed by atoms with Gasteiger partial charge in [-0.3, -0.25) is 0 Å². The molecule has 0 radical (unpaired) electrons. The van der Waals surface area contributed by atoms with E-state index in [0.29, 0.717) is 0 Å². The van der Waals surface area contributed by atoms with Crippen molar-refractivity contribution in [1.82, 2.24) is 19.1 Å². The van der Waals surface area contributed by atoms with Gasteiger partial charge in [-0.05, 0) is 122 Å². The predicted octanol–water partition coefficient (Wildman–Crippen LogP) is 21.2. The number of nitrogens with one attached hydrogen (secondary N) is 2. The first-order valence-electron chi connectivity index (χ1n) is 30.1. The van der Waals surface area contributed by atoms with E-state index in [9.17, 15) is 0 Å². The van der Waals surface area contributed by atoms with Crippen LogP contribution in [-0.4, -0.2) is 31.2 Å². The third kappa shape index (κ3) is 8.50. The monoisotopic (exact) mass is 1200 g/mol. The van der Waals surface area contributed by atoms with Crippen LogP contribution in [-0.2, 0) is 0 Å². The van der Waals surface area contributed by atoms with E-state index in [4.69, 9.17) is 24.7 Å². The minimum absolute atomic E-state index is 0.281. The Morgan fingerprint density at radius 2 is 0.784 bits per heavy atom. The minimum atomic E-state index is 0.281. The van der Waals surface area contributed by atoms with Gasteiger partial charge < -0.3 is 43.8 Å². The fraction of sp³-hybridized carbons (Fsp3) is 0.0769. The predicted molar refractivity (Wildman–Crippen MR) is 371 cm³/mol. The molecule has 88 heavy (non-hydrogen) atoms. The van der Waals surface area contributed by atoms with E-state index in [1.54, 1.807) is 0 Å². The quantitative estimate of drug-likeness (QED) is 0.137. The van der Waals surface area contributed by atoms with Crippen LogP contribution < -0.4 is 11.5 Å². The number of aromatic nitrogens is 4. The van der Waals surface area contributed by atoms with Crippen LogP contribution in [0.5, 0.6) is 0 Å². The van der Waals surface area contributed by atoms with Gasteiger partial charge in [-0.25, -0.2) is 0 Å². The molecule has 0 saturated heterocycles. The number of H-pyrrole nitrogens is 2. The number of benzene rings is 12. The third-order valence-corrected chi connectivity index (χ3v) is 18.6. The number of nitrogens with two attached hydrogens (primary N) is 2. The highest BCUT2D eigenvalue weighted by atomic mass is 79.9. The van der Waals surface area contributed by atoms with Crippen molar-refractivity contribution in [2.75, 3.05) is 0 Å². The smallest absolute Gasteiger partial charge is 0.135 e. The molecule has 9 nitrogen and oxygen atoms in total. The Morgan fingerprint density at radius 1 is 0.330 bits per heavy atom. The van der Waals surface area contributed by atoms with E-state index in [1.807, 2.05) is 54.6 Å². The van der Waals surface area contributed by atoms with Crippen molar-refractivity contribution in [3.63, 3.8) is 0 Å². The molecular weight excluding hydrogens is 1150 g/mol. The van der Waals surface area contributed by atoms with E-state index in [2.05, 4.69) is 229 Å². The summed E-state index contributed by atoms with van der Waals surface area (Å²) in [5.74, 6) is 0. The fourth-order valence-electron chi connectivity index (χ4n) is 13.9. The van der Waals surface area contributed by atoms with Crippen molar-refractivity contribution >= 4 is 169 Å². The highest BCUT2D eigenvalue weighted by Gasteiger charge is 2.23. The first-order chi connectivity index (χ1) is 43.4. The topological polar surface area (TPSA) is 133 Å². The normalized spacial score (nSPS) is 14.6. The van der Waals surface area contributed by atoms with Gasteiger partial charge in [0.1, 0.15) is 33.5 Å². The number of rotatable bonds is 2. The van der Waals surface area contributed by atoms with E-state index in [-0.39, 0.29) is 12.1 Å². The molecule has 0 spiro atoms. The lowest BCUT2D eigenvalue weighted by molar-refractivity contribution is 0.385. The van der Waals surface area contributed by atoms with Gasteiger partial charge in [0, 0.05) is 120 Å². The van der Waals surface area contributed by atoms with Gasteiger partial charge >= 0.3 is 0 Å². The van der Waals surface area contributed by atoms with Crippen molar-refractivity contribution in [3.05, 3.63) is 253 Å². The summed E-state index contributed by atoms with van der Waals surface area (Å²) >= 11 is 3.46. The molecule has 424 valence electrons. The van der Waals surface area contributed by atoms with Crippen molar-refractivity contribution in [3.8, 4) is 11.4 Å². The van der Waals surface area contributed by atoms with Gasteiger partial charge in [-0.1, -0.05) is 168 Å². The summed E-state index contributed by atoms with van der Waals surface area (Å²) in [4.78, 5) is 7.07. The molecule has 0 amide bonds. The number of para-hydroxylation sites is 7. The number of hydrogen-bond donors (Lipinski definition) is 4. The maximum absolute atomic E-state index is 6.21. The summed E-state index contributed by atoms with van der Waals surface area (Å²) in [5, 5.41) is 16.9. The van der Waals surface area contributed by atoms with Crippen LogP contribution in [0.2, 0.25) is 0 Å². The first kappa shape index (κ1) is 52.0. The van der Waals surface area contributed by atoms with Crippen LogP contribution in [0, 0.1) is 0 Å². The number of furan rings is 3. The molecule has 20 rings (SSSR count). The number of halogens is 1. The molecular formula is C78H57BrN6O3. The molecule has 10 heteroatoms. The van der Waals surface area contributed by atoms with Gasteiger partial charge in [0.25, 0.3) is 0 Å². The van der Waals surface area contributed by atoms with E-state index in [1.165, 1.54) is 105 Å². The Bertz CT molecular complexity index is 5920. The summed E-state index contributed by atoms with van der Waals surface area (Å²) < 4.78 is 24.0. The summed E-state index contributed by atoms with van der Waals surface area (Å²) in [6, 6.07) is 87.8. The van der Waals surface area contributed by atoms with Gasteiger partial charge in [-0.15, -0.1) is 0 Å². The number of hydrogen-bond acceptors (Lipinski definition) is 5. The van der Waals surface area contributed by atoms with Crippen molar-refractivity contribution in [1.29, 1.82) is 0 Å². The maximum atomic E-state index is 6.21. The molecule has 12 aromatic carbocycles. The molecule has 0 aliphatic heterocycles. The molecule has 6 N–H and O–H groups in total.